The van der Waals surface area contributed by atoms with Gasteiger partial charge in [0.15, 0.2) is 0 Å². The molecule has 0 radical (unpaired) electrons. The Kier molecular flexibility index (Phi) is 5.88. The molecule has 1 aliphatic carbocycles. The number of carbonyl (C=O) groups excluding carboxylic acids is 2. The molecule has 0 aliphatic heterocycles. The number of hydrogen-bond acceptors (Lipinski definition) is 4. The predicted octanol–water partition coefficient (Wildman–Crippen LogP) is 4.64. The first-order chi connectivity index (χ1) is 13.7. The van der Waals surface area contributed by atoms with E-state index in [1.54, 1.807) is 16.2 Å². The second kappa shape index (κ2) is 8.71. The largest absolute Gasteiger partial charge is 0.332 e. The third-order valence-electron chi connectivity index (χ3n) is 4.78. The maximum absolute atomic E-state index is 13.2. The highest BCUT2D eigenvalue weighted by molar-refractivity contribution is 7.12. The van der Waals surface area contributed by atoms with E-state index in [0.717, 1.165) is 23.3 Å². The molecule has 6 heteroatoms. The fourth-order valence-corrected chi connectivity index (χ4v) is 4.57. The molecular formula is C22H22N2O2S2. The normalized spacial score (nSPS) is 13.3. The summed E-state index contributed by atoms with van der Waals surface area (Å²) < 4.78 is 0. The van der Waals surface area contributed by atoms with Crippen molar-refractivity contribution in [1.29, 1.82) is 0 Å². The average molecular weight is 411 g/mol. The average Bonchev–Trinajstić information content (AvgIpc) is 3.18. The van der Waals surface area contributed by atoms with Gasteiger partial charge in [0, 0.05) is 17.5 Å². The van der Waals surface area contributed by atoms with Crippen molar-refractivity contribution in [1.82, 2.24) is 9.80 Å². The topological polar surface area (TPSA) is 40.6 Å². The maximum atomic E-state index is 13.2. The maximum Gasteiger partial charge on any atom is 0.264 e. The van der Waals surface area contributed by atoms with Gasteiger partial charge in [-0.2, -0.15) is 0 Å². The van der Waals surface area contributed by atoms with Gasteiger partial charge in [0.05, 0.1) is 11.4 Å². The standard InChI is InChI=1S/C22H22N2O2S2/c25-21(16-24(18-10-11-18)22(26)20-9-5-13-28-20)23(15-19-8-4-12-27-19)14-17-6-2-1-3-7-17/h1-9,12-13,18H,10-11,14-16H2. The molecule has 1 aliphatic rings. The molecule has 0 spiro atoms. The predicted molar refractivity (Wildman–Crippen MR) is 113 cm³/mol. The first kappa shape index (κ1) is 18.9. The molecule has 1 aromatic carbocycles. The van der Waals surface area contributed by atoms with E-state index >= 15 is 0 Å². The van der Waals surface area contributed by atoms with E-state index < -0.39 is 0 Å². The van der Waals surface area contributed by atoms with E-state index in [-0.39, 0.29) is 24.4 Å². The second-order valence-corrected chi connectivity index (χ2v) is 8.94. The lowest BCUT2D eigenvalue weighted by Gasteiger charge is -2.27. The molecule has 28 heavy (non-hydrogen) atoms. The zero-order valence-electron chi connectivity index (χ0n) is 15.5. The van der Waals surface area contributed by atoms with Gasteiger partial charge in [-0.25, -0.2) is 0 Å². The summed E-state index contributed by atoms with van der Waals surface area (Å²) in [5.41, 5.74) is 1.09. The van der Waals surface area contributed by atoms with Crippen LogP contribution in [0.15, 0.2) is 65.4 Å². The number of carbonyl (C=O) groups is 2. The summed E-state index contributed by atoms with van der Waals surface area (Å²) in [5, 5.41) is 3.93. The fourth-order valence-electron chi connectivity index (χ4n) is 3.17. The van der Waals surface area contributed by atoms with Crippen LogP contribution < -0.4 is 0 Å². The van der Waals surface area contributed by atoms with E-state index in [2.05, 4.69) is 0 Å². The molecule has 0 N–H and O–H groups in total. The second-order valence-electron chi connectivity index (χ2n) is 6.96. The van der Waals surface area contributed by atoms with E-state index in [1.165, 1.54) is 11.3 Å². The third kappa shape index (κ3) is 4.69. The van der Waals surface area contributed by atoms with Crippen LogP contribution in [0.2, 0.25) is 0 Å². The number of thiophene rings is 2. The van der Waals surface area contributed by atoms with Gasteiger partial charge >= 0.3 is 0 Å². The molecule has 2 amide bonds. The van der Waals surface area contributed by atoms with Crippen molar-refractivity contribution in [3.8, 4) is 0 Å². The number of benzene rings is 1. The van der Waals surface area contributed by atoms with Gasteiger partial charge in [-0.3, -0.25) is 9.59 Å². The highest BCUT2D eigenvalue weighted by Crippen LogP contribution is 2.29. The van der Waals surface area contributed by atoms with Crippen molar-refractivity contribution >= 4 is 34.5 Å². The summed E-state index contributed by atoms with van der Waals surface area (Å²) in [7, 11) is 0. The Hall–Kier alpha value is -2.44. The summed E-state index contributed by atoms with van der Waals surface area (Å²) >= 11 is 3.08. The number of amides is 2. The van der Waals surface area contributed by atoms with Crippen LogP contribution in [0.3, 0.4) is 0 Å². The van der Waals surface area contributed by atoms with Gasteiger partial charge in [-0.1, -0.05) is 42.5 Å². The Morgan fingerprint density at radius 3 is 2.29 bits per heavy atom. The number of hydrogen-bond donors (Lipinski definition) is 0. The van der Waals surface area contributed by atoms with E-state index in [9.17, 15) is 9.59 Å². The van der Waals surface area contributed by atoms with Crippen LogP contribution in [0.25, 0.3) is 0 Å². The van der Waals surface area contributed by atoms with Gasteiger partial charge in [-0.05, 0) is 41.3 Å². The van der Waals surface area contributed by atoms with Crippen LogP contribution in [0.5, 0.6) is 0 Å². The molecule has 0 unspecified atom stereocenters. The molecule has 144 valence electrons. The summed E-state index contributed by atoms with van der Waals surface area (Å²) in [6, 6.07) is 18.0. The Labute approximate surface area is 173 Å². The summed E-state index contributed by atoms with van der Waals surface area (Å²) in [4.78, 5) is 31.6. The Balaban J connectivity index is 1.51. The lowest BCUT2D eigenvalue weighted by Crippen LogP contribution is -2.43. The first-order valence-electron chi connectivity index (χ1n) is 9.39. The van der Waals surface area contributed by atoms with E-state index in [0.29, 0.717) is 18.0 Å². The fraction of sp³-hybridized carbons (Fsp3) is 0.273. The lowest BCUT2D eigenvalue weighted by atomic mass is 10.2. The van der Waals surface area contributed by atoms with Gasteiger partial charge in [0.2, 0.25) is 5.91 Å². The smallest absolute Gasteiger partial charge is 0.264 e. The zero-order valence-corrected chi connectivity index (χ0v) is 17.1. The lowest BCUT2D eigenvalue weighted by molar-refractivity contribution is -0.133. The molecular weight excluding hydrogens is 388 g/mol. The molecule has 3 aromatic rings. The molecule has 2 aromatic heterocycles. The van der Waals surface area contributed by atoms with Crippen LogP contribution in [-0.4, -0.2) is 34.2 Å². The molecule has 1 saturated carbocycles. The van der Waals surface area contributed by atoms with E-state index in [4.69, 9.17) is 0 Å². The van der Waals surface area contributed by atoms with Crippen molar-refractivity contribution in [2.45, 2.75) is 32.0 Å². The van der Waals surface area contributed by atoms with Crippen molar-refractivity contribution in [3.05, 3.63) is 80.7 Å². The van der Waals surface area contributed by atoms with Crippen LogP contribution in [0.4, 0.5) is 0 Å². The third-order valence-corrected chi connectivity index (χ3v) is 6.50. The summed E-state index contributed by atoms with van der Waals surface area (Å²) in [6.45, 7) is 1.25. The van der Waals surface area contributed by atoms with Crippen molar-refractivity contribution in [3.63, 3.8) is 0 Å². The van der Waals surface area contributed by atoms with Gasteiger partial charge < -0.3 is 9.80 Å². The Morgan fingerprint density at radius 2 is 1.64 bits per heavy atom. The minimum Gasteiger partial charge on any atom is -0.332 e. The minimum absolute atomic E-state index is 0.00550. The highest BCUT2D eigenvalue weighted by Gasteiger charge is 2.35. The van der Waals surface area contributed by atoms with Crippen LogP contribution >= 0.6 is 22.7 Å². The molecule has 0 atom stereocenters. The molecule has 2 heterocycles. The number of rotatable bonds is 8. The molecule has 0 saturated heterocycles. The number of nitrogens with zero attached hydrogens (tertiary/aromatic N) is 2. The monoisotopic (exact) mass is 410 g/mol. The van der Waals surface area contributed by atoms with Gasteiger partial charge in [-0.15, -0.1) is 22.7 Å². The van der Waals surface area contributed by atoms with Crippen molar-refractivity contribution in [2.24, 2.45) is 0 Å². The van der Waals surface area contributed by atoms with Crippen LogP contribution in [0, 0.1) is 0 Å². The van der Waals surface area contributed by atoms with Crippen LogP contribution in [0.1, 0.15) is 33.0 Å². The summed E-state index contributed by atoms with van der Waals surface area (Å²) in [6.07, 6.45) is 1.96. The molecule has 4 rings (SSSR count). The Morgan fingerprint density at radius 1 is 0.893 bits per heavy atom. The van der Waals surface area contributed by atoms with Crippen molar-refractivity contribution in [2.75, 3.05) is 6.54 Å². The van der Waals surface area contributed by atoms with Gasteiger partial charge in [0.1, 0.15) is 6.54 Å². The zero-order chi connectivity index (χ0) is 19.3. The van der Waals surface area contributed by atoms with E-state index in [1.807, 2.05) is 70.3 Å². The summed E-state index contributed by atoms with van der Waals surface area (Å²) in [5.74, 6) is -0.0318. The SMILES string of the molecule is O=C(CN(C(=O)c1cccs1)C1CC1)N(Cc1ccccc1)Cc1cccs1. The minimum atomic E-state index is -0.0263. The van der Waals surface area contributed by atoms with Crippen molar-refractivity contribution < 1.29 is 9.59 Å². The molecule has 1 fully saturated rings. The first-order valence-corrected chi connectivity index (χ1v) is 11.1. The molecule has 4 nitrogen and oxygen atoms in total. The quantitative estimate of drug-likeness (QED) is 0.543. The molecule has 0 bridgehead atoms. The highest BCUT2D eigenvalue weighted by atomic mass is 32.1. The van der Waals surface area contributed by atoms with Crippen LogP contribution in [-0.2, 0) is 17.9 Å². The Bertz CT molecular complexity index is 903. The van der Waals surface area contributed by atoms with Gasteiger partial charge in [0.25, 0.3) is 5.91 Å².